The first-order chi connectivity index (χ1) is 11.0. The Bertz CT molecular complexity index is 588. The second-order valence-corrected chi connectivity index (χ2v) is 7.57. The number of aliphatic hydroxyl groups is 1. The summed E-state index contributed by atoms with van der Waals surface area (Å²) in [5, 5.41) is 20.0. The van der Waals surface area contributed by atoms with Crippen LogP contribution in [0, 0.1) is 17.3 Å². The molecule has 3 aliphatic rings. The number of primary amides is 1. The van der Waals surface area contributed by atoms with Gasteiger partial charge in [-0.05, 0) is 85.0 Å². The topological polar surface area (TPSA) is 83.6 Å². The molecule has 126 valence electrons. The van der Waals surface area contributed by atoms with E-state index in [1.54, 1.807) is 0 Å². The smallest absolute Gasteiger partial charge is 0.204 e. The lowest BCUT2D eigenvalue weighted by atomic mass is 9.55. The number of phenolic OH excluding ortho intramolecular Hbond substituents is 1. The predicted octanol–water partition coefficient (Wildman–Crippen LogP) is 2.71. The van der Waals surface area contributed by atoms with E-state index in [1.165, 1.54) is 30.4 Å². The van der Waals surface area contributed by atoms with Crippen molar-refractivity contribution in [2.24, 2.45) is 23.0 Å². The molecule has 1 unspecified atom stereocenters. The van der Waals surface area contributed by atoms with Gasteiger partial charge >= 0.3 is 0 Å². The number of aryl methyl sites for hydroxylation is 1. The number of nitrogens with two attached hydrogens (primary N) is 1. The summed E-state index contributed by atoms with van der Waals surface area (Å²) < 4.78 is 0. The minimum atomic E-state index is -0.0883. The van der Waals surface area contributed by atoms with Crippen molar-refractivity contribution in [3.8, 4) is 5.75 Å². The number of benzene rings is 1. The van der Waals surface area contributed by atoms with Crippen molar-refractivity contribution in [2.45, 2.75) is 57.5 Å². The van der Waals surface area contributed by atoms with Gasteiger partial charge < -0.3 is 15.9 Å². The van der Waals surface area contributed by atoms with E-state index in [2.05, 4.69) is 18.7 Å². The Morgan fingerprint density at radius 1 is 1.26 bits per heavy atom. The number of hydrogen-bond acceptors (Lipinski definition) is 3. The Morgan fingerprint density at radius 2 is 2.00 bits per heavy atom. The lowest BCUT2D eigenvalue weighted by Crippen LogP contribution is -2.43. The van der Waals surface area contributed by atoms with Crippen LogP contribution < -0.4 is 5.73 Å². The van der Waals surface area contributed by atoms with Crippen molar-refractivity contribution in [3.63, 3.8) is 0 Å². The van der Waals surface area contributed by atoms with Crippen molar-refractivity contribution in [1.82, 2.24) is 0 Å². The number of aromatic hydroxyl groups is 1. The SMILES string of the molecule is C[C@]12CC[C@@H]3c4ccc(O)cc4CC[C@H]3[C@@H]1CCC2O.NC=O. The quantitative estimate of drug-likeness (QED) is 0.643. The van der Waals surface area contributed by atoms with Crippen molar-refractivity contribution in [2.75, 3.05) is 0 Å². The summed E-state index contributed by atoms with van der Waals surface area (Å²) in [5.41, 5.74) is 7.16. The summed E-state index contributed by atoms with van der Waals surface area (Å²) in [7, 11) is 0. The summed E-state index contributed by atoms with van der Waals surface area (Å²) >= 11 is 0. The molecule has 4 heteroatoms. The average Bonchev–Trinajstić information content (AvgIpc) is 2.83. The number of phenols is 1. The molecule has 4 rings (SSSR count). The molecule has 3 aliphatic carbocycles. The van der Waals surface area contributed by atoms with Crippen LogP contribution >= 0.6 is 0 Å². The van der Waals surface area contributed by atoms with Crippen LogP contribution in [0.25, 0.3) is 0 Å². The number of rotatable bonds is 0. The number of amides is 1. The molecule has 4 nitrogen and oxygen atoms in total. The molecule has 5 atom stereocenters. The van der Waals surface area contributed by atoms with Gasteiger partial charge in [-0.2, -0.15) is 0 Å². The van der Waals surface area contributed by atoms with E-state index in [9.17, 15) is 10.2 Å². The Balaban J connectivity index is 0.000000485. The maximum absolute atomic E-state index is 10.4. The lowest BCUT2D eigenvalue weighted by Gasteiger charge is -2.50. The summed E-state index contributed by atoms with van der Waals surface area (Å²) in [5.74, 6) is 2.49. The first-order valence-corrected chi connectivity index (χ1v) is 8.66. The number of fused-ring (bicyclic) bond motifs is 5. The molecular weight excluding hydrogens is 290 g/mol. The molecule has 23 heavy (non-hydrogen) atoms. The second kappa shape index (κ2) is 6.16. The molecule has 2 saturated carbocycles. The largest absolute Gasteiger partial charge is 0.508 e. The standard InChI is InChI=1S/C18H24O2.CH3NO/c1-18-9-8-14-13-5-3-12(19)10-11(13)2-4-15(14)16(18)6-7-17(18)20;2-1-3/h3,5,10,14-17,19-20H,2,4,6-9H2,1H3;1H,(H2,2,3)/t14-,15-,16+,17?,18+;/m1./s1. The first-order valence-electron chi connectivity index (χ1n) is 8.66. The first kappa shape index (κ1) is 16.3. The van der Waals surface area contributed by atoms with Gasteiger partial charge in [0.15, 0.2) is 0 Å². The van der Waals surface area contributed by atoms with Crippen molar-refractivity contribution >= 4 is 6.41 Å². The highest BCUT2D eigenvalue weighted by atomic mass is 16.3. The van der Waals surface area contributed by atoms with Crippen LogP contribution in [0.3, 0.4) is 0 Å². The Hall–Kier alpha value is -1.55. The number of hydrogen-bond donors (Lipinski definition) is 3. The van der Waals surface area contributed by atoms with Crippen molar-refractivity contribution in [3.05, 3.63) is 29.3 Å². The van der Waals surface area contributed by atoms with Crippen LogP contribution in [0.5, 0.6) is 5.75 Å². The van der Waals surface area contributed by atoms with Crippen LogP contribution in [0.1, 0.15) is 56.1 Å². The number of carbonyl (C=O) groups is 1. The van der Waals surface area contributed by atoms with Crippen LogP contribution in [-0.2, 0) is 11.2 Å². The highest BCUT2D eigenvalue weighted by molar-refractivity contribution is 5.42. The number of aliphatic hydroxyl groups excluding tert-OH is 1. The number of carbonyl (C=O) groups excluding carboxylic acids is 1. The van der Waals surface area contributed by atoms with E-state index in [0.717, 1.165) is 25.2 Å². The van der Waals surface area contributed by atoms with Gasteiger partial charge in [-0.1, -0.05) is 13.0 Å². The molecule has 0 aliphatic heterocycles. The van der Waals surface area contributed by atoms with E-state index >= 15 is 0 Å². The fourth-order valence-corrected chi connectivity index (χ4v) is 5.54. The molecular formula is C19H27NO3. The minimum Gasteiger partial charge on any atom is -0.508 e. The normalized spacial score (nSPS) is 37.7. The molecule has 1 aromatic carbocycles. The van der Waals surface area contributed by atoms with E-state index in [4.69, 9.17) is 4.79 Å². The van der Waals surface area contributed by atoms with E-state index in [0.29, 0.717) is 17.6 Å². The molecule has 0 bridgehead atoms. The van der Waals surface area contributed by atoms with Crippen LogP contribution in [-0.4, -0.2) is 22.7 Å². The minimum absolute atomic E-state index is 0.0883. The summed E-state index contributed by atoms with van der Waals surface area (Å²) in [6.45, 7) is 2.32. The molecule has 0 aromatic heterocycles. The van der Waals surface area contributed by atoms with Gasteiger partial charge in [-0.15, -0.1) is 0 Å². The van der Waals surface area contributed by atoms with E-state index in [1.807, 2.05) is 12.1 Å². The Morgan fingerprint density at radius 3 is 2.74 bits per heavy atom. The third-order valence-electron chi connectivity index (χ3n) is 6.66. The van der Waals surface area contributed by atoms with Crippen LogP contribution in [0.15, 0.2) is 18.2 Å². The summed E-state index contributed by atoms with van der Waals surface area (Å²) in [6, 6.07) is 5.96. The molecule has 0 radical (unpaired) electrons. The highest BCUT2D eigenvalue weighted by Gasteiger charge is 2.54. The molecule has 4 N–H and O–H groups in total. The van der Waals surface area contributed by atoms with Gasteiger partial charge in [0.05, 0.1) is 6.10 Å². The van der Waals surface area contributed by atoms with Crippen LogP contribution in [0.2, 0.25) is 0 Å². The zero-order valence-corrected chi connectivity index (χ0v) is 13.7. The molecule has 1 amide bonds. The van der Waals surface area contributed by atoms with Gasteiger partial charge in [-0.3, -0.25) is 4.79 Å². The van der Waals surface area contributed by atoms with E-state index in [-0.39, 0.29) is 17.9 Å². The third kappa shape index (κ3) is 2.63. The maximum atomic E-state index is 10.4. The van der Waals surface area contributed by atoms with Gasteiger partial charge in [0.1, 0.15) is 5.75 Å². The monoisotopic (exact) mass is 317 g/mol. The zero-order chi connectivity index (χ0) is 16.6. The summed E-state index contributed by atoms with van der Waals surface area (Å²) in [6.07, 6.45) is 7.03. The predicted molar refractivity (Wildman–Crippen MR) is 89.0 cm³/mol. The Kier molecular flexibility index (Phi) is 4.37. The molecule has 0 heterocycles. The zero-order valence-electron chi connectivity index (χ0n) is 13.7. The van der Waals surface area contributed by atoms with Crippen molar-refractivity contribution in [1.29, 1.82) is 0 Å². The maximum Gasteiger partial charge on any atom is 0.204 e. The fraction of sp³-hybridized carbons (Fsp3) is 0.632. The highest BCUT2D eigenvalue weighted by Crippen LogP contribution is 2.60. The van der Waals surface area contributed by atoms with Gasteiger partial charge in [-0.25, -0.2) is 0 Å². The van der Waals surface area contributed by atoms with Gasteiger partial charge in [0.25, 0.3) is 0 Å². The lowest BCUT2D eigenvalue weighted by molar-refractivity contribution is -0.106. The average molecular weight is 317 g/mol. The van der Waals surface area contributed by atoms with E-state index < -0.39 is 0 Å². The second-order valence-electron chi connectivity index (χ2n) is 7.57. The Labute approximate surface area is 137 Å². The third-order valence-corrected chi connectivity index (χ3v) is 6.66. The van der Waals surface area contributed by atoms with Gasteiger partial charge in [0.2, 0.25) is 6.41 Å². The van der Waals surface area contributed by atoms with Gasteiger partial charge in [0, 0.05) is 0 Å². The molecule has 0 saturated heterocycles. The fourth-order valence-electron chi connectivity index (χ4n) is 5.54. The molecule has 1 aromatic rings. The summed E-state index contributed by atoms with van der Waals surface area (Å²) in [4.78, 5) is 8.58. The van der Waals surface area contributed by atoms with Crippen molar-refractivity contribution < 1.29 is 15.0 Å². The molecule has 0 spiro atoms. The van der Waals surface area contributed by atoms with Crippen LogP contribution in [0.4, 0.5) is 0 Å². The molecule has 2 fully saturated rings.